The van der Waals surface area contributed by atoms with Gasteiger partial charge in [-0.15, -0.1) is 0 Å². The largest absolute Gasteiger partial charge is 0.306 e. The Kier molecular flexibility index (Phi) is 4.93. The van der Waals surface area contributed by atoms with Gasteiger partial charge in [-0.25, -0.2) is 4.39 Å². The van der Waals surface area contributed by atoms with Crippen molar-refractivity contribution in [1.82, 2.24) is 0 Å². The number of anilines is 1. The normalized spacial score (nSPS) is 17.2. The number of hydrogen-bond acceptors (Lipinski definition) is 1. The third-order valence-electron chi connectivity index (χ3n) is 4.17. The highest BCUT2D eigenvalue weighted by molar-refractivity contribution is 6.42. The molecule has 3 rings (SSSR count). The molecule has 1 atom stereocenters. The Morgan fingerprint density at radius 3 is 2.75 bits per heavy atom. The molecule has 2 nitrogen and oxygen atoms in total. The molecule has 0 N–H and O–H groups in total. The lowest BCUT2D eigenvalue weighted by Gasteiger charge is -2.34. The lowest BCUT2D eigenvalue weighted by molar-refractivity contribution is -0.114. The summed E-state index contributed by atoms with van der Waals surface area (Å²) in [4.78, 5) is 14.4. The van der Waals surface area contributed by atoms with Crippen molar-refractivity contribution in [1.29, 1.82) is 0 Å². The van der Waals surface area contributed by atoms with Gasteiger partial charge in [-0.3, -0.25) is 4.79 Å². The van der Waals surface area contributed by atoms with E-state index in [-0.39, 0.29) is 17.8 Å². The molecule has 1 heterocycles. The molecule has 0 bridgehead atoms. The zero-order valence-corrected chi connectivity index (χ0v) is 14.6. The summed E-state index contributed by atoms with van der Waals surface area (Å²) >= 11 is 11.9. The number of rotatable bonds is 2. The van der Waals surface area contributed by atoms with Crippen molar-refractivity contribution in [3.05, 3.63) is 69.5 Å². The Morgan fingerprint density at radius 2 is 2.00 bits per heavy atom. The fraction of sp³-hybridized carbons (Fsp3) is 0.211. The summed E-state index contributed by atoms with van der Waals surface area (Å²) < 4.78 is 13.4. The minimum atomic E-state index is -0.276. The molecule has 1 aliphatic heterocycles. The van der Waals surface area contributed by atoms with E-state index in [9.17, 15) is 9.18 Å². The van der Waals surface area contributed by atoms with Gasteiger partial charge >= 0.3 is 0 Å². The summed E-state index contributed by atoms with van der Waals surface area (Å²) in [7, 11) is 0. The van der Waals surface area contributed by atoms with Gasteiger partial charge in [-0.1, -0.05) is 29.3 Å². The number of carbonyl (C=O) groups excluding carboxylic acids is 1. The van der Waals surface area contributed by atoms with E-state index < -0.39 is 0 Å². The maximum atomic E-state index is 13.4. The van der Waals surface area contributed by atoms with Gasteiger partial charge in [0, 0.05) is 17.8 Å². The zero-order valence-electron chi connectivity index (χ0n) is 13.1. The maximum Gasteiger partial charge on any atom is 0.251 e. The first-order valence-electron chi connectivity index (χ1n) is 7.70. The average molecular weight is 364 g/mol. The molecule has 0 aromatic heterocycles. The van der Waals surface area contributed by atoms with Crippen LogP contribution in [0.4, 0.5) is 10.1 Å². The molecule has 1 unspecified atom stereocenters. The van der Waals surface area contributed by atoms with Crippen LogP contribution in [0.1, 0.15) is 24.5 Å². The predicted molar refractivity (Wildman–Crippen MR) is 97.2 cm³/mol. The van der Waals surface area contributed by atoms with E-state index in [1.165, 1.54) is 18.2 Å². The second kappa shape index (κ2) is 6.96. The SMILES string of the molecule is CC1CCc2cc(F)ccc2N1C(=O)/C=C/c1ccc(Cl)c(Cl)c1. The van der Waals surface area contributed by atoms with Crippen molar-refractivity contribution in [2.24, 2.45) is 0 Å². The highest BCUT2D eigenvalue weighted by atomic mass is 35.5. The molecular weight excluding hydrogens is 348 g/mol. The van der Waals surface area contributed by atoms with Crippen LogP contribution in [0, 0.1) is 5.82 Å². The summed E-state index contributed by atoms with van der Waals surface area (Å²) in [6.07, 6.45) is 4.79. The standard InChI is InChI=1S/C19H16Cl2FNO/c1-12-2-5-14-11-15(22)6-8-18(14)23(12)19(24)9-4-13-3-7-16(20)17(21)10-13/h3-4,6-12H,2,5H2,1H3/b9-4+. The Balaban J connectivity index is 1.86. The van der Waals surface area contributed by atoms with Crippen LogP contribution in [0.5, 0.6) is 0 Å². The quantitative estimate of drug-likeness (QED) is 0.643. The fourth-order valence-corrected chi connectivity index (χ4v) is 3.23. The fourth-order valence-electron chi connectivity index (χ4n) is 2.92. The Morgan fingerprint density at radius 1 is 1.21 bits per heavy atom. The number of amides is 1. The zero-order chi connectivity index (χ0) is 17.3. The molecule has 0 saturated carbocycles. The first-order chi connectivity index (χ1) is 11.5. The van der Waals surface area contributed by atoms with Crippen molar-refractivity contribution in [3.63, 3.8) is 0 Å². The predicted octanol–water partition coefficient (Wildman–Crippen LogP) is 5.51. The number of nitrogens with zero attached hydrogens (tertiary/aromatic N) is 1. The Labute approximate surface area is 150 Å². The molecule has 0 radical (unpaired) electrons. The number of carbonyl (C=O) groups is 1. The van der Waals surface area contributed by atoms with E-state index in [1.807, 2.05) is 6.92 Å². The monoisotopic (exact) mass is 363 g/mol. The van der Waals surface area contributed by atoms with Crippen LogP contribution in [0.3, 0.4) is 0 Å². The molecule has 2 aromatic rings. The molecule has 0 saturated heterocycles. The highest BCUT2D eigenvalue weighted by Gasteiger charge is 2.27. The molecule has 1 aliphatic rings. The van der Waals surface area contributed by atoms with Crippen molar-refractivity contribution in [2.75, 3.05) is 4.90 Å². The first kappa shape index (κ1) is 17.0. The van der Waals surface area contributed by atoms with Gasteiger partial charge in [0.15, 0.2) is 0 Å². The number of benzene rings is 2. The third kappa shape index (κ3) is 3.47. The summed E-state index contributed by atoms with van der Waals surface area (Å²) in [5, 5.41) is 0.916. The van der Waals surface area contributed by atoms with Gasteiger partial charge in [-0.2, -0.15) is 0 Å². The van der Waals surface area contributed by atoms with Crippen LogP contribution in [0.2, 0.25) is 10.0 Å². The van der Waals surface area contributed by atoms with E-state index in [0.717, 1.165) is 29.7 Å². The number of halogens is 3. The third-order valence-corrected chi connectivity index (χ3v) is 4.91. The lowest BCUT2D eigenvalue weighted by Crippen LogP contribution is -2.41. The molecule has 0 fully saturated rings. The second-order valence-corrected chi connectivity index (χ2v) is 6.69. The summed E-state index contributed by atoms with van der Waals surface area (Å²) in [6.45, 7) is 2.00. The van der Waals surface area contributed by atoms with E-state index in [1.54, 1.807) is 35.2 Å². The summed E-state index contributed by atoms with van der Waals surface area (Å²) in [6, 6.07) is 9.82. The first-order valence-corrected chi connectivity index (χ1v) is 8.46. The maximum absolute atomic E-state index is 13.4. The Hall–Kier alpha value is -1.84. The summed E-state index contributed by atoms with van der Waals surface area (Å²) in [5.74, 6) is -0.414. The molecule has 124 valence electrons. The van der Waals surface area contributed by atoms with Crippen LogP contribution < -0.4 is 4.90 Å². The molecule has 0 aliphatic carbocycles. The van der Waals surface area contributed by atoms with E-state index in [2.05, 4.69) is 0 Å². The van der Waals surface area contributed by atoms with Crippen LogP contribution >= 0.6 is 23.2 Å². The highest BCUT2D eigenvalue weighted by Crippen LogP contribution is 2.31. The average Bonchev–Trinajstić information content (AvgIpc) is 2.55. The van der Waals surface area contributed by atoms with Crippen molar-refractivity contribution < 1.29 is 9.18 Å². The Bertz CT molecular complexity index is 819. The van der Waals surface area contributed by atoms with Crippen molar-refractivity contribution in [3.8, 4) is 0 Å². The smallest absolute Gasteiger partial charge is 0.251 e. The van der Waals surface area contributed by atoms with E-state index in [4.69, 9.17) is 23.2 Å². The van der Waals surface area contributed by atoms with Crippen LogP contribution in [0.15, 0.2) is 42.5 Å². The van der Waals surface area contributed by atoms with Gasteiger partial charge in [0.25, 0.3) is 5.91 Å². The molecule has 5 heteroatoms. The molecule has 1 amide bonds. The minimum Gasteiger partial charge on any atom is -0.306 e. The number of hydrogen-bond donors (Lipinski definition) is 0. The van der Waals surface area contributed by atoms with E-state index >= 15 is 0 Å². The molecule has 24 heavy (non-hydrogen) atoms. The van der Waals surface area contributed by atoms with Crippen molar-refractivity contribution >= 4 is 40.9 Å². The topological polar surface area (TPSA) is 20.3 Å². The molecular formula is C19H16Cl2FNO. The van der Waals surface area contributed by atoms with Gasteiger partial charge < -0.3 is 4.90 Å². The number of aryl methyl sites for hydroxylation is 1. The van der Waals surface area contributed by atoms with Crippen LogP contribution in [-0.2, 0) is 11.2 Å². The van der Waals surface area contributed by atoms with Gasteiger partial charge in [0.1, 0.15) is 5.82 Å². The van der Waals surface area contributed by atoms with Crippen LogP contribution in [0.25, 0.3) is 6.08 Å². The minimum absolute atomic E-state index is 0.0638. The summed E-state index contributed by atoms with van der Waals surface area (Å²) in [5.41, 5.74) is 2.44. The van der Waals surface area contributed by atoms with Crippen molar-refractivity contribution in [2.45, 2.75) is 25.8 Å². The van der Waals surface area contributed by atoms with Gasteiger partial charge in [-0.05, 0) is 67.3 Å². The molecule has 2 aromatic carbocycles. The second-order valence-electron chi connectivity index (χ2n) is 5.88. The number of fused-ring (bicyclic) bond motifs is 1. The van der Waals surface area contributed by atoms with Crippen LogP contribution in [-0.4, -0.2) is 11.9 Å². The molecule has 0 spiro atoms. The lowest BCUT2D eigenvalue weighted by atomic mass is 9.96. The van der Waals surface area contributed by atoms with Gasteiger partial charge in [0.2, 0.25) is 0 Å². The van der Waals surface area contributed by atoms with Gasteiger partial charge in [0.05, 0.1) is 10.0 Å². The van der Waals surface area contributed by atoms with E-state index in [0.29, 0.717) is 10.0 Å².